The van der Waals surface area contributed by atoms with Crippen LogP contribution >= 0.6 is 11.8 Å². The number of thioether (sulfide) groups is 1. The van der Waals surface area contributed by atoms with Crippen molar-refractivity contribution in [2.24, 2.45) is 0 Å². The summed E-state index contributed by atoms with van der Waals surface area (Å²) in [5.74, 6) is -3.04. The molecular weight excluding hydrogens is 380 g/mol. The van der Waals surface area contributed by atoms with E-state index in [1.165, 1.54) is 43.2 Å². The number of halogens is 2. The Labute approximate surface area is 166 Å². The summed E-state index contributed by atoms with van der Waals surface area (Å²) in [7, 11) is 0. The van der Waals surface area contributed by atoms with E-state index in [1.807, 2.05) is 30.3 Å². The van der Waals surface area contributed by atoms with E-state index in [1.54, 1.807) is 0 Å². The fourth-order valence-corrected chi connectivity index (χ4v) is 3.49. The number of carbonyl (C=O) groups excluding carboxylic acids is 1. The predicted octanol–water partition coefficient (Wildman–Crippen LogP) is 5.15. The molecule has 2 aromatic carbocycles. The van der Waals surface area contributed by atoms with Crippen molar-refractivity contribution in [3.8, 4) is 6.07 Å². The Balaban J connectivity index is 1.66. The molecule has 0 radical (unpaired) electrons. The third-order valence-electron chi connectivity index (χ3n) is 4.38. The second kappa shape index (κ2) is 9.38. The standard InChI is InChI=1S/C21H19F2N3OS/c22-21(23)28-19-9-5-17(6-10-19)25-20(27)16(14-24)13-15-3-7-18(8-4-15)26-11-1-2-12-26/h3-10,13,21H,1-2,11-12H2,(H,25,27)/b16-13+. The number of benzene rings is 2. The molecule has 0 aliphatic carbocycles. The first-order valence-electron chi connectivity index (χ1n) is 8.88. The van der Waals surface area contributed by atoms with Gasteiger partial charge in [-0.05, 0) is 60.9 Å². The van der Waals surface area contributed by atoms with Gasteiger partial charge in [-0.15, -0.1) is 0 Å². The highest BCUT2D eigenvalue weighted by molar-refractivity contribution is 7.99. The van der Waals surface area contributed by atoms with E-state index in [-0.39, 0.29) is 5.57 Å². The molecule has 4 nitrogen and oxygen atoms in total. The Kier molecular flexibility index (Phi) is 6.66. The lowest BCUT2D eigenvalue weighted by Crippen LogP contribution is -2.17. The van der Waals surface area contributed by atoms with Gasteiger partial charge in [0, 0.05) is 29.4 Å². The summed E-state index contributed by atoms with van der Waals surface area (Å²) in [5.41, 5.74) is 2.31. The van der Waals surface area contributed by atoms with Crippen molar-refractivity contribution in [2.45, 2.75) is 23.5 Å². The number of rotatable bonds is 6. The zero-order chi connectivity index (χ0) is 19.9. The highest BCUT2D eigenvalue weighted by Crippen LogP contribution is 2.26. The van der Waals surface area contributed by atoms with E-state index < -0.39 is 11.7 Å². The minimum absolute atomic E-state index is 0.0278. The highest BCUT2D eigenvalue weighted by Gasteiger charge is 2.13. The summed E-state index contributed by atoms with van der Waals surface area (Å²) in [6.07, 6.45) is 3.93. The first-order valence-corrected chi connectivity index (χ1v) is 9.76. The minimum atomic E-state index is -2.49. The van der Waals surface area contributed by atoms with E-state index in [2.05, 4.69) is 10.2 Å². The maximum Gasteiger partial charge on any atom is 0.288 e. The van der Waals surface area contributed by atoms with Gasteiger partial charge in [-0.3, -0.25) is 4.79 Å². The number of nitrogens with one attached hydrogen (secondary N) is 1. The van der Waals surface area contributed by atoms with E-state index >= 15 is 0 Å². The monoisotopic (exact) mass is 399 g/mol. The van der Waals surface area contributed by atoms with Crippen LogP contribution in [-0.2, 0) is 4.79 Å². The summed E-state index contributed by atoms with van der Waals surface area (Å²) in [5, 5.41) is 11.9. The summed E-state index contributed by atoms with van der Waals surface area (Å²) in [6, 6.07) is 15.7. The fourth-order valence-electron chi connectivity index (χ4n) is 2.99. The molecule has 0 aromatic heterocycles. The molecule has 7 heteroatoms. The molecule has 0 unspecified atom stereocenters. The number of nitrogens with zero attached hydrogens (tertiary/aromatic N) is 2. The van der Waals surface area contributed by atoms with Crippen molar-refractivity contribution in [1.82, 2.24) is 0 Å². The predicted molar refractivity (Wildman–Crippen MR) is 108 cm³/mol. The maximum atomic E-state index is 12.4. The van der Waals surface area contributed by atoms with Gasteiger partial charge in [0.05, 0.1) is 0 Å². The third-order valence-corrected chi connectivity index (χ3v) is 5.10. The molecular formula is C21H19F2N3OS. The molecule has 1 aliphatic rings. The number of hydrogen-bond acceptors (Lipinski definition) is 4. The summed E-state index contributed by atoms with van der Waals surface area (Å²) in [4.78, 5) is 15.1. The molecule has 1 amide bonds. The van der Waals surface area contributed by atoms with Gasteiger partial charge in [0.2, 0.25) is 0 Å². The van der Waals surface area contributed by atoms with Crippen LogP contribution in [0.5, 0.6) is 0 Å². The lowest BCUT2D eigenvalue weighted by Gasteiger charge is -2.17. The maximum absolute atomic E-state index is 12.4. The van der Waals surface area contributed by atoms with Gasteiger partial charge >= 0.3 is 0 Å². The molecule has 2 aromatic rings. The van der Waals surface area contributed by atoms with E-state index in [0.29, 0.717) is 22.3 Å². The lowest BCUT2D eigenvalue weighted by molar-refractivity contribution is -0.112. The van der Waals surface area contributed by atoms with Crippen LogP contribution in [0.25, 0.3) is 6.08 Å². The van der Waals surface area contributed by atoms with Crippen molar-refractivity contribution < 1.29 is 13.6 Å². The Bertz CT molecular complexity index is 883. The number of anilines is 2. The van der Waals surface area contributed by atoms with Crippen LogP contribution in [-0.4, -0.2) is 24.8 Å². The Morgan fingerprint density at radius 2 is 1.75 bits per heavy atom. The van der Waals surface area contributed by atoms with Gasteiger partial charge < -0.3 is 10.2 Å². The first-order chi connectivity index (χ1) is 13.5. The van der Waals surface area contributed by atoms with Crippen molar-refractivity contribution >= 4 is 35.1 Å². The second-order valence-corrected chi connectivity index (χ2v) is 7.38. The quantitative estimate of drug-likeness (QED) is 0.415. The topological polar surface area (TPSA) is 56.1 Å². The normalized spacial score (nSPS) is 14.2. The van der Waals surface area contributed by atoms with Gasteiger partial charge in [-0.1, -0.05) is 23.9 Å². The molecule has 1 N–H and O–H groups in total. The Morgan fingerprint density at radius 3 is 2.32 bits per heavy atom. The number of hydrogen-bond donors (Lipinski definition) is 1. The largest absolute Gasteiger partial charge is 0.372 e. The Hall–Kier alpha value is -2.85. The zero-order valence-electron chi connectivity index (χ0n) is 15.1. The van der Waals surface area contributed by atoms with Crippen molar-refractivity contribution in [1.29, 1.82) is 5.26 Å². The number of nitriles is 1. The average molecular weight is 399 g/mol. The van der Waals surface area contributed by atoms with Crippen molar-refractivity contribution in [3.63, 3.8) is 0 Å². The smallest absolute Gasteiger partial charge is 0.288 e. The van der Waals surface area contributed by atoms with Gasteiger partial charge in [0.25, 0.3) is 11.7 Å². The molecule has 1 saturated heterocycles. The molecule has 1 aliphatic heterocycles. The SMILES string of the molecule is N#C/C(=C\c1ccc(N2CCCC2)cc1)C(=O)Nc1ccc(SC(F)F)cc1. The van der Waals surface area contributed by atoms with Gasteiger partial charge in [0.15, 0.2) is 0 Å². The lowest BCUT2D eigenvalue weighted by atomic mass is 10.1. The van der Waals surface area contributed by atoms with Gasteiger partial charge in [0.1, 0.15) is 11.6 Å². The van der Waals surface area contributed by atoms with Crippen LogP contribution in [0.2, 0.25) is 0 Å². The highest BCUT2D eigenvalue weighted by atomic mass is 32.2. The first kappa shape index (κ1) is 19.9. The van der Waals surface area contributed by atoms with Crippen LogP contribution in [0.3, 0.4) is 0 Å². The average Bonchev–Trinajstić information content (AvgIpc) is 3.22. The van der Waals surface area contributed by atoms with Crippen LogP contribution in [0.4, 0.5) is 20.2 Å². The fraction of sp³-hybridized carbons (Fsp3) is 0.238. The molecule has 3 rings (SSSR count). The minimum Gasteiger partial charge on any atom is -0.372 e. The van der Waals surface area contributed by atoms with Gasteiger partial charge in [-0.25, -0.2) is 0 Å². The molecule has 1 heterocycles. The number of alkyl halides is 2. The molecule has 28 heavy (non-hydrogen) atoms. The van der Waals surface area contributed by atoms with Crippen molar-refractivity contribution in [3.05, 3.63) is 59.7 Å². The third kappa shape index (κ3) is 5.33. The molecule has 0 spiro atoms. The van der Waals surface area contributed by atoms with Crippen LogP contribution in [0, 0.1) is 11.3 Å². The van der Waals surface area contributed by atoms with Crippen LogP contribution in [0.15, 0.2) is 59.0 Å². The molecule has 0 bridgehead atoms. The van der Waals surface area contributed by atoms with Crippen molar-refractivity contribution in [2.75, 3.05) is 23.3 Å². The van der Waals surface area contributed by atoms with Crippen LogP contribution < -0.4 is 10.2 Å². The van der Waals surface area contributed by atoms with E-state index in [4.69, 9.17) is 0 Å². The van der Waals surface area contributed by atoms with Gasteiger partial charge in [-0.2, -0.15) is 14.0 Å². The van der Waals surface area contributed by atoms with Crippen LogP contribution in [0.1, 0.15) is 18.4 Å². The summed E-state index contributed by atoms with van der Waals surface area (Å²) < 4.78 is 24.7. The summed E-state index contributed by atoms with van der Waals surface area (Å²) >= 11 is 0.436. The number of carbonyl (C=O) groups is 1. The number of amides is 1. The van der Waals surface area contributed by atoms with E-state index in [9.17, 15) is 18.8 Å². The molecule has 0 saturated carbocycles. The Morgan fingerprint density at radius 1 is 1.11 bits per heavy atom. The molecule has 1 fully saturated rings. The molecule has 0 atom stereocenters. The summed E-state index contributed by atoms with van der Waals surface area (Å²) in [6.45, 7) is 2.10. The molecule has 144 valence electrons. The zero-order valence-corrected chi connectivity index (χ0v) is 15.9. The van der Waals surface area contributed by atoms with E-state index in [0.717, 1.165) is 24.3 Å². The second-order valence-electron chi connectivity index (χ2n) is 6.31.